The molecule has 2 aromatic heterocycles. The van der Waals surface area contributed by atoms with E-state index in [2.05, 4.69) is 10.1 Å². The fourth-order valence-corrected chi connectivity index (χ4v) is 1.30. The van der Waals surface area contributed by atoms with Crippen LogP contribution in [0.25, 0.3) is 5.82 Å². The molecule has 0 fully saturated rings. The Kier molecular flexibility index (Phi) is 2.40. The third kappa shape index (κ3) is 1.83. The second-order valence-corrected chi connectivity index (χ2v) is 3.43. The lowest BCUT2D eigenvalue weighted by Crippen LogP contribution is -1.98. The Morgan fingerprint density at radius 1 is 1.53 bits per heavy atom. The molecule has 2 heterocycles. The molecular formula is C10H7ClN4. The van der Waals surface area contributed by atoms with Crippen LogP contribution in [0.15, 0.2) is 24.5 Å². The molecule has 0 unspecified atom stereocenters. The molecule has 5 heteroatoms. The predicted octanol–water partition coefficient (Wildman–Crippen LogP) is 2.10. The van der Waals surface area contributed by atoms with Crippen molar-refractivity contribution < 1.29 is 0 Å². The Labute approximate surface area is 91.7 Å². The van der Waals surface area contributed by atoms with Gasteiger partial charge < -0.3 is 0 Å². The summed E-state index contributed by atoms with van der Waals surface area (Å²) in [5.74, 6) is 0.587. The zero-order valence-electron chi connectivity index (χ0n) is 7.98. The van der Waals surface area contributed by atoms with Crippen molar-refractivity contribution in [2.24, 2.45) is 0 Å². The molecule has 74 valence electrons. The molecule has 0 spiro atoms. The maximum absolute atomic E-state index is 8.74. The number of rotatable bonds is 1. The van der Waals surface area contributed by atoms with E-state index in [0.717, 1.165) is 5.69 Å². The zero-order valence-corrected chi connectivity index (χ0v) is 8.73. The molecule has 4 nitrogen and oxygen atoms in total. The van der Waals surface area contributed by atoms with Crippen LogP contribution in [0.5, 0.6) is 0 Å². The number of aryl methyl sites for hydroxylation is 1. The van der Waals surface area contributed by atoms with Gasteiger partial charge in [-0.05, 0) is 13.0 Å². The molecule has 2 rings (SSSR count). The topological polar surface area (TPSA) is 54.5 Å². The van der Waals surface area contributed by atoms with Crippen molar-refractivity contribution in [1.29, 1.82) is 5.26 Å². The summed E-state index contributed by atoms with van der Waals surface area (Å²) in [5.41, 5.74) is 1.28. The van der Waals surface area contributed by atoms with Crippen LogP contribution in [0, 0.1) is 18.3 Å². The summed E-state index contributed by atoms with van der Waals surface area (Å²) in [6.07, 6.45) is 3.24. The highest BCUT2D eigenvalue weighted by atomic mass is 35.5. The maximum Gasteiger partial charge on any atom is 0.154 e. The van der Waals surface area contributed by atoms with E-state index in [1.807, 2.05) is 13.0 Å². The van der Waals surface area contributed by atoms with Crippen LogP contribution in [-0.2, 0) is 0 Å². The van der Waals surface area contributed by atoms with E-state index in [-0.39, 0.29) is 0 Å². The van der Waals surface area contributed by atoms with Gasteiger partial charge in [-0.15, -0.1) is 0 Å². The van der Waals surface area contributed by atoms with Crippen molar-refractivity contribution in [3.8, 4) is 11.9 Å². The Morgan fingerprint density at radius 2 is 2.33 bits per heavy atom. The van der Waals surface area contributed by atoms with Crippen molar-refractivity contribution in [1.82, 2.24) is 14.8 Å². The summed E-state index contributed by atoms with van der Waals surface area (Å²) in [5, 5.41) is 13.5. The highest BCUT2D eigenvalue weighted by Crippen LogP contribution is 2.15. The molecule has 0 amide bonds. The lowest BCUT2D eigenvalue weighted by molar-refractivity contribution is 0.832. The van der Waals surface area contributed by atoms with Gasteiger partial charge in [-0.25, -0.2) is 9.67 Å². The number of hydrogen-bond donors (Lipinski definition) is 0. The van der Waals surface area contributed by atoms with Crippen LogP contribution < -0.4 is 0 Å². The van der Waals surface area contributed by atoms with Gasteiger partial charge in [0.25, 0.3) is 0 Å². The normalized spacial score (nSPS) is 9.93. The van der Waals surface area contributed by atoms with Crippen LogP contribution in [0.1, 0.15) is 11.3 Å². The molecule has 0 aromatic carbocycles. The summed E-state index contributed by atoms with van der Waals surface area (Å²) in [6.45, 7) is 1.81. The van der Waals surface area contributed by atoms with Crippen molar-refractivity contribution in [2.45, 2.75) is 6.92 Å². The van der Waals surface area contributed by atoms with Crippen LogP contribution in [0.2, 0.25) is 5.02 Å². The number of nitriles is 1. The molecule has 2 aromatic rings. The van der Waals surface area contributed by atoms with Crippen molar-refractivity contribution >= 4 is 11.6 Å². The van der Waals surface area contributed by atoms with Gasteiger partial charge in [0.2, 0.25) is 0 Å². The van der Waals surface area contributed by atoms with E-state index in [9.17, 15) is 0 Å². The number of pyridine rings is 1. The predicted molar refractivity (Wildman–Crippen MR) is 55.8 cm³/mol. The third-order valence-corrected chi connectivity index (χ3v) is 2.32. The Balaban J connectivity index is 2.50. The molecule has 15 heavy (non-hydrogen) atoms. The minimum absolute atomic E-state index is 0.546. The fraction of sp³-hybridized carbons (Fsp3) is 0.100. The smallest absolute Gasteiger partial charge is 0.154 e. The first-order valence-electron chi connectivity index (χ1n) is 4.29. The average Bonchev–Trinajstić information content (AvgIpc) is 2.59. The number of halogens is 1. The third-order valence-electron chi connectivity index (χ3n) is 1.95. The van der Waals surface area contributed by atoms with Gasteiger partial charge in [0.05, 0.1) is 28.5 Å². The molecule has 0 atom stereocenters. The van der Waals surface area contributed by atoms with E-state index >= 15 is 0 Å². The first-order chi connectivity index (χ1) is 7.20. The molecule has 0 aliphatic carbocycles. The van der Waals surface area contributed by atoms with Gasteiger partial charge in [-0.2, -0.15) is 10.4 Å². The lowest BCUT2D eigenvalue weighted by Gasteiger charge is -1.98. The molecule has 0 saturated carbocycles. The molecule has 0 aliphatic rings. The number of hydrogen-bond acceptors (Lipinski definition) is 3. The quantitative estimate of drug-likeness (QED) is 0.737. The van der Waals surface area contributed by atoms with Crippen molar-refractivity contribution in [2.75, 3.05) is 0 Å². The van der Waals surface area contributed by atoms with Gasteiger partial charge in [0.1, 0.15) is 0 Å². The largest absolute Gasteiger partial charge is 0.237 e. The van der Waals surface area contributed by atoms with Crippen molar-refractivity contribution in [3.63, 3.8) is 0 Å². The van der Waals surface area contributed by atoms with Crippen LogP contribution in [0.3, 0.4) is 0 Å². The van der Waals surface area contributed by atoms with Gasteiger partial charge >= 0.3 is 0 Å². The first-order valence-corrected chi connectivity index (χ1v) is 4.67. The summed E-state index contributed by atoms with van der Waals surface area (Å²) in [7, 11) is 0. The standard InChI is InChI=1S/C10H7ClN4/c1-7-9(11)6-15(14-7)10-4-8(5-12)2-3-13-10/h2-4,6H,1H3. The Bertz CT molecular complexity index is 519. The fourth-order valence-electron chi connectivity index (χ4n) is 1.17. The minimum atomic E-state index is 0.546. The Morgan fingerprint density at radius 3 is 2.93 bits per heavy atom. The SMILES string of the molecule is Cc1nn(-c2cc(C#N)ccn2)cc1Cl. The van der Waals surface area contributed by atoms with Crippen molar-refractivity contribution in [3.05, 3.63) is 40.8 Å². The van der Waals surface area contributed by atoms with E-state index < -0.39 is 0 Å². The molecule has 0 radical (unpaired) electrons. The lowest BCUT2D eigenvalue weighted by atomic mass is 10.3. The molecule has 0 saturated heterocycles. The van der Waals surface area contributed by atoms with Gasteiger partial charge in [0.15, 0.2) is 5.82 Å². The van der Waals surface area contributed by atoms with E-state index in [1.165, 1.54) is 0 Å². The van der Waals surface area contributed by atoms with E-state index in [0.29, 0.717) is 16.4 Å². The van der Waals surface area contributed by atoms with Gasteiger partial charge in [-0.3, -0.25) is 0 Å². The van der Waals surface area contributed by atoms with Gasteiger partial charge in [0, 0.05) is 12.3 Å². The summed E-state index contributed by atoms with van der Waals surface area (Å²) >= 11 is 5.88. The zero-order chi connectivity index (χ0) is 10.8. The number of aromatic nitrogens is 3. The second kappa shape index (κ2) is 3.71. The molecular weight excluding hydrogens is 212 g/mol. The van der Waals surface area contributed by atoms with Crippen LogP contribution in [0.4, 0.5) is 0 Å². The highest BCUT2D eigenvalue weighted by Gasteiger charge is 2.05. The van der Waals surface area contributed by atoms with Crippen LogP contribution in [-0.4, -0.2) is 14.8 Å². The Hall–Kier alpha value is -1.86. The summed E-state index contributed by atoms with van der Waals surface area (Å²) < 4.78 is 1.55. The van der Waals surface area contributed by atoms with Gasteiger partial charge in [-0.1, -0.05) is 11.6 Å². The molecule has 0 aliphatic heterocycles. The van der Waals surface area contributed by atoms with E-state index in [1.54, 1.807) is 29.2 Å². The second-order valence-electron chi connectivity index (χ2n) is 3.02. The maximum atomic E-state index is 8.74. The molecule has 0 bridgehead atoms. The first kappa shape index (κ1) is 9.69. The summed E-state index contributed by atoms with van der Waals surface area (Å²) in [4.78, 5) is 4.10. The average molecular weight is 219 g/mol. The molecule has 0 N–H and O–H groups in total. The monoisotopic (exact) mass is 218 g/mol. The van der Waals surface area contributed by atoms with E-state index in [4.69, 9.17) is 16.9 Å². The number of nitrogens with zero attached hydrogens (tertiary/aromatic N) is 4. The highest BCUT2D eigenvalue weighted by molar-refractivity contribution is 6.31. The minimum Gasteiger partial charge on any atom is -0.237 e. The van der Waals surface area contributed by atoms with Crippen LogP contribution >= 0.6 is 11.6 Å². The summed E-state index contributed by atoms with van der Waals surface area (Å²) in [6, 6.07) is 5.34.